The van der Waals surface area contributed by atoms with Crippen molar-refractivity contribution in [2.24, 2.45) is 0 Å². The molecule has 0 radical (unpaired) electrons. The Morgan fingerprint density at radius 2 is 2.00 bits per heavy atom. The van der Waals surface area contributed by atoms with Crippen LogP contribution in [-0.2, 0) is 6.54 Å². The second-order valence-corrected chi connectivity index (χ2v) is 5.33. The molecule has 3 rings (SSSR count). The van der Waals surface area contributed by atoms with Crippen LogP contribution in [0.2, 0.25) is 0 Å². The molecule has 116 valence electrons. The molecule has 1 aliphatic rings. The van der Waals surface area contributed by atoms with Gasteiger partial charge in [0, 0.05) is 18.4 Å². The molecule has 3 N–H and O–H groups in total. The Balaban J connectivity index is 0.00000110. The van der Waals surface area contributed by atoms with Crippen LogP contribution in [-0.4, -0.2) is 28.2 Å². The first-order valence-electron chi connectivity index (χ1n) is 6.87. The van der Waals surface area contributed by atoms with Crippen molar-refractivity contribution >= 4 is 30.5 Å². The fourth-order valence-corrected chi connectivity index (χ4v) is 2.86. The first-order valence-corrected chi connectivity index (χ1v) is 6.87. The number of nitrogens with zero attached hydrogens (tertiary/aromatic N) is 2. The Bertz CT molecular complexity index is 522. The molecule has 0 unspecified atom stereocenters. The number of nitrogens with one attached hydrogen (secondary N) is 1. The van der Waals surface area contributed by atoms with E-state index in [0.29, 0.717) is 5.92 Å². The zero-order valence-electron chi connectivity index (χ0n) is 11.9. The van der Waals surface area contributed by atoms with E-state index in [1.54, 1.807) is 0 Å². The topological polar surface area (TPSA) is 57.9 Å². The van der Waals surface area contributed by atoms with Crippen LogP contribution in [0.5, 0.6) is 0 Å². The van der Waals surface area contributed by atoms with Crippen molar-refractivity contribution in [3.63, 3.8) is 0 Å². The number of benzene rings is 1. The van der Waals surface area contributed by atoms with Gasteiger partial charge in [-0.2, -0.15) is 5.10 Å². The van der Waals surface area contributed by atoms with Crippen molar-refractivity contribution in [1.29, 1.82) is 0 Å². The standard InChI is InChI=1S/C15H20N4.2ClH/c16-15-3-1-2-12(8-15)11-19-6-4-13(5-7-19)14-9-17-18-10-14;;/h1-3,8-10,13H,4-7,11,16H2,(H,17,18);2*1H. The van der Waals surface area contributed by atoms with Crippen molar-refractivity contribution in [3.8, 4) is 0 Å². The number of nitrogens with two attached hydrogens (primary N) is 1. The minimum absolute atomic E-state index is 0. The van der Waals surface area contributed by atoms with Crippen LogP contribution in [0.25, 0.3) is 0 Å². The maximum Gasteiger partial charge on any atom is 0.0522 e. The summed E-state index contributed by atoms with van der Waals surface area (Å²) in [7, 11) is 0. The molecule has 1 aromatic heterocycles. The number of piperidine rings is 1. The molecular formula is C15H22Cl2N4. The first kappa shape index (κ1) is 17.8. The summed E-state index contributed by atoms with van der Waals surface area (Å²) in [6, 6.07) is 8.19. The van der Waals surface area contributed by atoms with Crippen LogP contribution < -0.4 is 5.73 Å². The lowest BCUT2D eigenvalue weighted by Gasteiger charge is -2.31. The predicted molar refractivity (Wildman–Crippen MR) is 91.2 cm³/mol. The average Bonchev–Trinajstić information content (AvgIpc) is 2.94. The highest BCUT2D eigenvalue weighted by atomic mass is 35.5. The van der Waals surface area contributed by atoms with Gasteiger partial charge >= 0.3 is 0 Å². The van der Waals surface area contributed by atoms with Gasteiger partial charge in [-0.15, -0.1) is 24.8 Å². The molecule has 4 nitrogen and oxygen atoms in total. The summed E-state index contributed by atoms with van der Waals surface area (Å²) in [6.07, 6.45) is 6.40. The molecule has 0 atom stereocenters. The Labute approximate surface area is 137 Å². The Morgan fingerprint density at radius 1 is 1.24 bits per heavy atom. The van der Waals surface area contributed by atoms with Crippen molar-refractivity contribution < 1.29 is 0 Å². The largest absolute Gasteiger partial charge is 0.399 e. The van der Waals surface area contributed by atoms with Crippen LogP contribution in [0.15, 0.2) is 36.7 Å². The van der Waals surface area contributed by atoms with E-state index in [2.05, 4.69) is 27.2 Å². The summed E-state index contributed by atoms with van der Waals surface area (Å²) in [5.74, 6) is 0.663. The van der Waals surface area contributed by atoms with Crippen molar-refractivity contribution in [2.45, 2.75) is 25.3 Å². The van der Waals surface area contributed by atoms with Gasteiger partial charge < -0.3 is 5.73 Å². The average molecular weight is 329 g/mol. The number of likely N-dealkylation sites (tertiary alicyclic amines) is 1. The second-order valence-electron chi connectivity index (χ2n) is 5.33. The highest BCUT2D eigenvalue weighted by molar-refractivity contribution is 5.85. The van der Waals surface area contributed by atoms with Gasteiger partial charge in [-0.05, 0) is 55.1 Å². The number of halogens is 2. The quantitative estimate of drug-likeness (QED) is 0.850. The number of nitrogen functional groups attached to an aromatic ring is 1. The van der Waals surface area contributed by atoms with Gasteiger partial charge in [0.1, 0.15) is 0 Å². The summed E-state index contributed by atoms with van der Waals surface area (Å²) in [6.45, 7) is 3.29. The molecular weight excluding hydrogens is 307 g/mol. The van der Waals surface area contributed by atoms with E-state index in [-0.39, 0.29) is 24.8 Å². The number of hydrogen-bond donors (Lipinski definition) is 2. The van der Waals surface area contributed by atoms with Crippen LogP contribution >= 0.6 is 24.8 Å². The molecule has 2 aromatic rings. The fourth-order valence-electron chi connectivity index (χ4n) is 2.86. The van der Waals surface area contributed by atoms with E-state index in [1.807, 2.05) is 24.5 Å². The summed E-state index contributed by atoms with van der Waals surface area (Å²) in [5, 5.41) is 6.95. The highest BCUT2D eigenvalue weighted by Crippen LogP contribution is 2.27. The predicted octanol–water partition coefficient (Wildman–Crippen LogP) is 3.22. The van der Waals surface area contributed by atoms with E-state index in [4.69, 9.17) is 5.73 Å². The molecule has 21 heavy (non-hydrogen) atoms. The molecule has 1 aromatic carbocycles. The third-order valence-corrected chi connectivity index (χ3v) is 3.94. The molecule has 2 heterocycles. The molecule has 6 heteroatoms. The minimum Gasteiger partial charge on any atom is -0.399 e. The van der Waals surface area contributed by atoms with E-state index < -0.39 is 0 Å². The normalized spacial score (nSPS) is 16.0. The first-order chi connectivity index (χ1) is 9.31. The number of anilines is 1. The van der Waals surface area contributed by atoms with Gasteiger partial charge in [-0.3, -0.25) is 10.00 Å². The third-order valence-electron chi connectivity index (χ3n) is 3.94. The Morgan fingerprint density at radius 3 is 2.62 bits per heavy atom. The van der Waals surface area contributed by atoms with Gasteiger partial charge in [-0.25, -0.2) is 0 Å². The molecule has 1 fully saturated rings. The number of H-pyrrole nitrogens is 1. The molecule has 0 saturated carbocycles. The van der Waals surface area contributed by atoms with Crippen LogP contribution in [0, 0.1) is 0 Å². The van der Waals surface area contributed by atoms with Crippen LogP contribution in [0.1, 0.15) is 29.9 Å². The molecule has 0 spiro atoms. The number of aromatic nitrogens is 2. The van der Waals surface area contributed by atoms with Crippen molar-refractivity contribution in [2.75, 3.05) is 18.8 Å². The van der Waals surface area contributed by atoms with E-state index in [9.17, 15) is 0 Å². The smallest absolute Gasteiger partial charge is 0.0522 e. The third kappa shape index (κ3) is 4.63. The number of hydrogen-bond acceptors (Lipinski definition) is 3. The fraction of sp³-hybridized carbons (Fsp3) is 0.400. The van der Waals surface area contributed by atoms with Gasteiger partial charge in [0.2, 0.25) is 0 Å². The number of aromatic amines is 1. The molecule has 0 bridgehead atoms. The Hall–Kier alpha value is -1.23. The summed E-state index contributed by atoms with van der Waals surface area (Å²) in [5.41, 5.74) is 9.33. The second kappa shape index (κ2) is 8.27. The summed E-state index contributed by atoms with van der Waals surface area (Å²) >= 11 is 0. The van der Waals surface area contributed by atoms with Crippen LogP contribution in [0.4, 0.5) is 5.69 Å². The molecule has 1 aliphatic heterocycles. The lowest BCUT2D eigenvalue weighted by Crippen LogP contribution is -2.32. The molecule has 1 saturated heterocycles. The van der Waals surface area contributed by atoms with Crippen molar-refractivity contribution in [3.05, 3.63) is 47.8 Å². The maximum atomic E-state index is 5.82. The SMILES string of the molecule is Cl.Cl.Nc1cccc(CN2CCC(c3cn[nH]c3)CC2)c1. The summed E-state index contributed by atoms with van der Waals surface area (Å²) in [4.78, 5) is 2.51. The van der Waals surface area contributed by atoms with Gasteiger partial charge in [0.05, 0.1) is 6.20 Å². The zero-order valence-corrected chi connectivity index (χ0v) is 13.5. The minimum atomic E-state index is 0. The van der Waals surface area contributed by atoms with Crippen LogP contribution in [0.3, 0.4) is 0 Å². The van der Waals surface area contributed by atoms with E-state index in [0.717, 1.165) is 25.3 Å². The Kier molecular flexibility index (Phi) is 7.02. The highest BCUT2D eigenvalue weighted by Gasteiger charge is 2.21. The van der Waals surface area contributed by atoms with Gasteiger partial charge in [-0.1, -0.05) is 12.1 Å². The maximum absolute atomic E-state index is 5.82. The molecule has 0 amide bonds. The lowest BCUT2D eigenvalue weighted by molar-refractivity contribution is 0.204. The summed E-state index contributed by atoms with van der Waals surface area (Å²) < 4.78 is 0. The zero-order chi connectivity index (χ0) is 13.1. The lowest BCUT2D eigenvalue weighted by atomic mass is 9.91. The van der Waals surface area contributed by atoms with Crippen molar-refractivity contribution in [1.82, 2.24) is 15.1 Å². The van der Waals surface area contributed by atoms with Gasteiger partial charge in [0.25, 0.3) is 0 Å². The van der Waals surface area contributed by atoms with Gasteiger partial charge in [0.15, 0.2) is 0 Å². The van der Waals surface area contributed by atoms with E-state index in [1.165, 1.54) is 24.0 Å². The number of rotatable bonds is 3. The molecule has 0 aliphatic carbocycles. The monoisotopic (exact) mass is 328 g/mol. The van der Waals surface area contributed by atoms with E-state index >= 15 is 0 Å².